The van der Waals surface area contributed by atoms with Crippen LogP contribution in [0.2, 0.25) is 0 Å². The summed E-state index contributed by atoms with van der Waals surface area (Å²) >= 11 is 0. The van der Waals surface area contributed by atoms with Gasteiger partial charge in [-0.25, -0.2) is 0 Å². The van der Waals surface area contributed by atoms with E-state index in [-0.39, 0.29) is 5.97 Å². The van der Waals surface area contributed by atoms with Crippen LogP contribution >= 0.6 is 0 Å². The molecule has 3 rings (SSSR count). The van der Waals surface area contributed by atoms with Gasteiger partial charge in [0.2, 0.25) is 0 Å². The van der Waals surface area contributed by atoms with Crippen LogP contribution in [0.4, 0.5) is 0 Å². The number of benzene rings is 2. The van der Waals surface area contributed by atoms with Crippen LogP contribution in [0.3, 0.4) is 0 Å². The SMILES string of the molecule is CC(=O)Oc1ccc2c(c1)OCC(c1ccccc1)=C2. The molecular formula is C17H14O3. The molecule has 2 aromatic carbocycles. The number of carbonyl (C=O) groups is 1. The van der Waals surface area contributed by atoms with Gasteiger partial charge < -0.3 is 9.47 Å². The summed E-state index contributed by atoms with van der Waals surface area (Å²) in [5.41, 5.74) is 3.28. The maximum atomic E-state index is 10.9. The minimum atomic E-state index is -0.332. The number of rotatable bonds is 2. The first kappa shape index (κ1) is 12.5. The molecule has 0 spiro atoms. The van der Waals surface area contributed by atoms with E-state index in [0.717, 1.165) is 22.4 Å². The van der Waals surface area contributed by atoms with Crippen molar-refractivity contribution < 1.29 is 14.3 Å². The Morgan fingerprint density at radius 1 is 1.15 bits per heavy atom. The molecule has 1 aliphatic heterocycles. The van der Waals surface area contributed by atoms with Crippen molar-refractivity contribution in [3.8, 4) is 11.5 Å². The van der Waals surface area contributed by atoms with Crippen LogP contribution in [0, 0.1) is 0 Å². The fourth-order valence-electron chi connectivity index (χ4n) is 2.19. The second-order valence-corrected chi connectivity index (χ2v) is 4.62. The molecular weight excluding hydrogens is 252 g/mol. The molecule has 0 radical (unpaired) electrons. The molecule has 0 saturated carbocycles. The quantitative estimate of drug-likeness (QED) is 0.616. The van der Waals surface area contributed by atoms with E-state index in [9.17, 15) is 4.79 Å². The number of fused-ring (bicyclic) bond motifs is 1. The zero-order valence-corrected chi connectivity index (χ0v) is 11.1. The maximum absolute atomic E-state index is 10.9. The molecule has 0 atom stereocenters. The van der Waals surface area contributed by atoms with Crippen molar-refractivity contribution in [1.29, 1.82) is 0 Å². The van der Waals surface area contributed by atoms with Gasteiger partial charge >= 0.3 is 5.97 Å². The minimum absolute atomic E-state index is 0.332. The van der Waals surface area contributed by atoms with Gasteiger partial charge in [-0.15, -0.1) is 0 Å². The van der Waals surface area contributed by atoms with Gasteiger partial charge in [-0.1, -0.05) is 30.3 Å². The third-order valence-electron chi connectivity index (χ3n) is 3.10. The molecule has 20 heavy (non-hydrogen) atoms. The van der Waals surface area contributed by atoms with Crippen molar-refractivity contribution in [3.05, 3.63) is 59.7 Å². The van der Waals surface area contributed by atoms with Crippen LogP contribution in [0.5, 0.6) is 11.5 Å². The van der Waals surface area contributed by atoms with E-state index in [1.807, 2.05) is 24.3 Å². The van der Waals surface area contributed by atoms with E-state index < -0.39 is 0 Å². The zero-order valence-electron chi connectivity index (χ0n) is 11.1. The summed E-state index contributed by atoms with van der Waals surface area (Å²) in [7, 11) is 0. The van der Waals surface area contributed by atoms with E-state index in [0.29, 0.717) is 12.4 Å². The van der Waals surface area contributed by atoms with Gasteiger partial charge in [0.1, 0.15) is 18.1 Å². The van der Waals surface area contributed by atoms with Crippen molar-refractivity contribution in [2.45, 2.75) is 6.92 Å². The molecule has 3 nitrogen and oxygen atoms in total. The highest BCUT2D eigenvalue weighted by Crippen LogP contribution is 2.33. The molecule has 100 valence electrons. The van der Waals surface area contributed by atoms with Crippen LogP contribution < -0.4 is 9.47 Å². The van der Waals surface area contributed by atoms with Gasteiger partial charge in [0.05, 0.1) is 0 Å². The third kappa shape index (κ3) is 2.57. The normalized spacial score (nSPS) is 12.9. The lowest BCUT2D eigenvalue weighted by Crippen LogP contribution is -2.07. The number of ether oxygens (including phenoxy) is 2. The van der Waals surface area contributed by atoms with Crippen molar-refractivity contribution in [3.63, 3.8) is 0 Å². The number of esters is 1. The molecule has 3 heteroatoms. The predicted octanol–water partition coefficient (Wildman–Crippen LogP) is 3.54. The Hall–Kier alpha value is -2.55. The molecule has 0 N–H and O–H groups in total. The molecule has 1 aliphatic rings. The average Bonchev–Trinajstić information content (AvgIpc) is 2.47. The van der Waals surface area contributed by atoms with Gasteiger partial charge in [-0.3, -0.25) is 4.79 Å². The molecule has 0 fully saturated rings. The van der Waals surface area contributed by atoms with Gasteiger partial charge in [-0.2, -0.15) is 0 Å². The van der Waals surface area contributed by atoms with Crippen molar-refractivity contribution >= 4 is 17.6 Å². The molecule has 0 bridgehead atoms. The van der Waals surface area contributed by atoms with Crippen LogP contribution in [-0.4, -0.2) is 12.6 Å². The van der Waals surface area contributed by atoms with Crippen molar-refractivity contribution in [1.82, 2.24) is 0 Å². The monoisotopic (exact) mass is 266 g/mol. The summed E-state index contributed by atoms with van der Waals surface area (Å²) in [6.45, 7) is 1.90. The van der Waals surface area contributed by atoms with Crippen LogP contribution in [0.15, 0.2) is 48.5 Å². The van der Waals surface area contributed by atoms with Crippen LogP contribution in [0.25, 0.3) is 11.6 Å². The highest BCUT2D eigenvalue weighted by Gasteiger charge is 2.14. The van der Waals surface area contributed by atoms with Gasteiger partial charge in [0.15, 0.2) is 0 Å². The Bertz CT molecular complexity index is 672. The van der Waals surface area contributed by atoms with Crippen LogP contribution in [0.1, 0.15) is 18.1 Å². The van der Waals surface area contributed by atoms with Crippen molar-refractivity contribution in [2.75, 3.05) is 6.61 Å². The van der Waals surface area contributed by atoms with Crippen LogP contribution in [-0.2, 0) is 4.79 Å². The van der Waals surface area contributed by atoms with Gasteiger partial charge in [0.25, 0.3) is 0 Å². The molecule has 0 unspecified atom stereocenters. The zero-order chi connectivity index (χ0) is 13.9. The molecule has 0 amide bonds. The fraction of sp³-hybridized carbons (Fsp3) is 0.118. The van der Waals surface area contributed by atoms with Gasteiger partial charge in [-0.05, 0) is 29.3 Å². The first-order chi connectivity index (χ1) is 9.72. The predicted molar refractivity (Wildman–Crippen MR) is 77.6 cm³/mol. The standard InChI is InChI=1S/C17H14O3/c1-12(18)20-16-8-7-14-9-15(11-19-17(14)10-16)13-5-3-2-4-6-13/h2-10H,11H2,1H3. The van der Waals surface area contributed by atoms with E-state index in [1.54, 1.807) is 12.1 Å². The molecule has 0 saturated heterocycles. The summed E-state index contributed by atoms with van der Waals surface area (Å²) in [6, 6.07) is 15.6. The minimum Gasteiger partial charge on any atom is -0.488 e. The first-order valence-corrected chi connectivity index (χ1v) is 6.43. The van der Waals surface area contributed by atoms with Crippen molar-refractivity contribution in [2.24, 2.45) is 0 Å². The average molecular weight is 266 g/mol. The summed E-state index contributed by atoms with van der Waals surface area (Å²) in [4.78, 5) is 10.9. The number of carbonyl (C=O) groups excluding carboxylic acids is 1. The third-order valence-corrected chi connectivity index (χ3v) is 3.10. The second kappa shape index (κ2) is 5.21. The molecule has 0 aromatic heterocycles. The lowest BCUT2D eigenvalue weighted by Gasteiger charge is -2.18. The Kier molecular flexibility index (Phi) is 3.25. The Morgan fingerprint density at radius 2 is 1.95 bits per heavy atom. The largest absolute Gasteiger partial charge is 0.488 e. The smallest absolute Gasteiger partial charge is 0.308 e. The number of hydrogen-bond acceptors (Lipinski definition) is 3. The molecule has 2 aromatic rings. The first-order valence-electron chi connectivity index (χ1n) is 6.43. The Balaban J connectivity index is 1.92. The van der Waals surface area contributed by atoms with E-state index >= 15 is 0 Å². The lowest BCUT2D eigenvalue weighted by molar-refractivity contribution is -0.131. The fourth-order valence-corrected chi connectivity index (χ4v) is 2.19. The summed E-state index contributed by atoms with van der Waals surface area (Å²) in [5, 5.41) is 0. The van der Waals surface area contributed by atoms with Gasteiger partial charge in [0, 0.05) is 18.6 Å². The highest BCUT2D eigenvalue weighted by atomic mass is 16.5. The Morgan fingerprint density at radius 3 is 2.70 bits per heavy atom. The second-order valence-electron chi connectivity index (χ2n) is 4.62. The summed E-state index contributed by atoms with van der Waals surface area (Å²) < 4.78 is 10.8. The maximum Gasteiger partial charge on any atom is 0.308 e. The molecule has 0 aliphatic carbocycles. The molecule has 1 heterocycles. The lowest BCUT2D eigenvalue weighted by atomic mass is 10.0. The Labute approximate surface area is 117 Å². The van der Waals surface area contributed by atoms with E-state index in [1.165, 1.54) is 6.92 Å². The summed E-state index contributed by atoms with van der Waals surface area (Å²) in [5.74, 6) is 0.914. The highest BCUT2D eigenvalue weighted by molar-refractivity contribution is 5.85. The summed E-state index contributed by atoms with van der Waals surface area (Å²) in [6.07, 6.45) is 2.10. The van der Waals surface area contributed by atoms with E-state index in [4.69, 9.17) is 9.47 Å². The number of hydrogen-bond donors (Lipinski definition) is 0. The van der Waals surface area contributed by atoms with E-state index in [2.05, 4.69) is 18.2 Å². The topological polar surface area (TPSA) is 35.5 Å².